The number of ether oxygens (including phenoxy) is 1. The Morgan fingerprint density at radius 3 is 2.63 bits per heavy atom. The van der Waals surface area contributed by atoms with Crippen molar-refractivity contribution < 1.29 is 9.66 Å². The third kappa shape index (κ3) is 4.77. The number of hydrogen-bond donors (Lipinski definition) is 2. The lowest BCUT2D eigenvalue weighted by Crippen LogP contribution is -2.46. The minimum Gasteiger partial charge on any atom is -0.378 e. The lowest BCUT2D eigenvalue weighted by Gasteiger charge is -2.35. The van der Waals surface area contributed by atoms with E-state index in [4.69, 9.17) is 10.5 Å². The Morgan fingerprint density at radius 1 is 1.20 bits per heavy atom. The van der Waals surface area contributed by atoms with Crippen molar-refractivity contribution in [1.29, 1.82) is 0 Å². The molecule has 0 unspecified atom stereocenters. The molecule has 0 bridgehead atoms. The Labute approximate surface area is 175 Å². The van der Waals surface area contributed by atoms with E-state index in [2.05, 4.69) is 32.3 Å². The van der Waals surface area contributed by atoms with Crippen molar-refractivity contribution in [2.45, 2.75) is 25.5 Å². The summed E-state index contributed by atoms with van der Waals surface area (Å²) in [5.74, 6) is 0.462. The van der Waals surface area contributed by atoms with Crippen LogP contribution in [-0.4, -0.2) is 65.2 Å². The van der Waals surface area contributed by atoms with Gasteiger partial charge in [-0.25, -0.2) is 0 Å². The molecule has 160 valence electrons. The lowest BCUT2D eigenvalue weighted by atomic mass is 10.2. The third-order valence-electron chi connectivity index (χ3n) is 5.51. The summed E-state index contributed by atoms with van der Waals surface area (Å²) in [6, 6.07) is 10.3. The third-order valence-corrected chi connectivity index (χ3v) is 5.51. The topological polar surface area (TPSA) is 123 Å². The van der Waals surface area contributed by atoms with Gasteiger partial charge in [-0.15, -0.1) is 0 Å². The van der Waals surface area contributed by atoms with E-state index in [-0.39, 0.29) is 23.4 Å². The second kappa shape index (κ2) is 9.23. The number of hydrogen-bond acceptors (Lipinski definition) is 9. The smallest absolute Gasteiger partial charge is 0.353 e. The van der Waals surface area contributed by atoms with Gasteiger partial charge in [0, 0.05) is 45.9 Å². The van der Waals surface area contributed by atoms with Gasteiger partial charge in [0.05, 0.1) is 11.0 Å². The molecule has 0 spiro atoms. The van der Waals surface area contributed by atoms with Crippen molar-refractivity contribution in [3.63, 3.8) is 0 Å². The van der Waals surface area contributed by atoms with Crippen molar-refractivity contribution in [2.24, 2.45) is 0 Å². The summed E-state index contributed by atoms with van der Waals surface area (Å²) < 4.78 is 5.60. The second-order valence-corrected chi connectivity index (χ2v) is 7.63. The summed E-state index contributed by atoms with van der Waals surface area (Å²) in [7, 11) is 0. The number of nitrogens with zero attached hydrogens (tertiary/aromatic N) is 5. The number of benzene rings is 1. The van der Waals surface area contributed by atoms with E-state index < -0.39 is 4.92 Å². The molecule has 1 aromatic carbocycles. The predicted octanol–water partition coefficient (Wildman–Crippen LogP) is 1.88. The molecule has 2 aromatic rings. The number of nitro groups is 1. The van der Waals surface area contributed by atoms with Crippen LogP contribution in [0.1, 0.15) is 18.4 Å². The van der Waals surface area contributed by atoms with Gasteiger partial charge in [0.25, 0.3) is 0 Å². The van der Waals surface area contributed by atoms with E-state index in [1.54, 1.807) is 0 Å². The van der Waals surface area contributed by atoms with E-state index in [1.807, 2.05) is 23.1 Å². The van der Waals surface area contributed by atoms with E-state index in [0.717, 1.165) is 39.1 Å². The Hall–Kier alpha value is -2.98. The average molecular weight is 413 g/mol. The molecule has 10 heteroatoms. The number of rotatable bonds is 7. The summed E-state index contributed by atoms with van der Waals surface area (Å²) in [6.45, 7) is 5.01. The van der Waals surface area contributed by atoms with Crippen LogP contribution in [0, 0.1) is 10.1 Å². The summed E-state index contributed by atoms with van der Waals surface area (Å²) in [5, 5.41) is 14.8. The van der Waals surface area contributed by atoms with Crippen molar-refractivity contribution in [3.8, 4) is 0 Å². The Kier molecular flexibility index (Phi) is 6.24. The highest BCUT2D eigenvalue weighted by Gasteiger charge is 2.30. The number of nitrogens with one attached hydrogen (secondary N) is 1. The molecule has 4 rings (SSSR count). The van der Waals surface area contributed by atoms with Gasteiger partial charge in [0.2, 0.25) is 17.6 Å². The van der Waals surface area contributed by atoms with E-state index >= 15 is 0 Å². The molecule has 2 saturated heterocycles. The maximum Gasteiger partial charge on any atom is 0.353 e. The van der Waals surface area contributed by atoms with Crippen LogP contribution >= 0.6 is 0 Å². The highest BCUT2D eigenvalue weighted by Crippen LogP contribution is 2.32. The first-order valence-electron chi connectivity index (χ1n) is 10.3. The molecule has 0 saturated carbocycles. The minimum atomic E-state index is -0.495. The zero-order chi connectivity index (χ0) is 20.9. The summed E-state index contributed by atoms with van der Waals surface area (Å²) in [6.07, 6.45) is 2.12. The Bertz CT molecular complexity index is 866. The predicted molar refractivity (Wildman–Crippen MR) is 114 cm³/mol. The van der Waals surface area contributed by atoms with Crippen LogP contribution < -0.4 is 16.0 Å². The van der Waals surface area contributed by atoms with Crippen LogP contribution in [0.2, 0.25) is 0 Å². The van der Waals surface area contributed by atoms with Gasteiger partial charge in [0.15, 0.2) is 0 Å². The highest BCUT2D eigenvalue weighted by atomic mass is 16.6. The number of nitrogen functional groups attached to an aromatic ring is 1. The van der Waals surface area contributed by atoms with E-state index in [1.165, 1.54) is 5.56 Å². The molecule has 10 nitrogen and oxygen atoms in total. The monoisotopic (exact) mass is 413 g/mol. The summed E-state index contributed by atoms with van der Waals surface area (Å²) in [4.78, 5) is 24.0. The number of aromatic nitrogens is 2. The van der Waals surface area contributed by atoms with Crippen LogP contribution in [0.25, 0.3) is 0 Å². The average Bonchev–Trinajstić information content (AvgIpc) is 3.26. The normalized spacial score (nSPS) is 19.7. The molecule has 0 amide bonds. The van der Waals surface area contributed by atoms with Crippen LogP contribution in [0.4, 0.5) is 23.3 Å². The van der Waals surface area contributed by atoms with Gasteiger partial charge in [-0.2, -0.15) is 9.97 Å². The fourth-order valence-electron chi connectivity index (χ4n) is 3.90. The second-order valence-electron chi connectivity index (χ2n) is 7.63. The largest absolute Gasteiger partial charge is 0.378 e. The van der Waals surface area contributed by atoms with Crippen molar-refractivity contribution in [1.82, 2.24) is 14.9 Å². The first-order chi connectivity index (χ1) is 14.6. The summed E-state index contributed by atoms with van der Waals surface area (Å²) >= 11 is 0. The van der Waals surface area contributed by atoms with Crippen LogP contribution in [0.15, 0.2) is 30.3 Å². The van der Waals surface area contributed by atoms with Crippen LogP contribution in [-0.2, 0) is 11.3 Å². The van der Waals surface area contributed by atoms with E-state index in [0.29, 0.717) is 25.6 Å². The minimum absolute atomic E-state index is 0.106. The van der Waals surface area contributed by atoms with Crippen LogP contribution in [0.3, 0.4) is 0 Å². The first kappa shape index (κ1) is 20.3. The molecule has 2 aliphatic heterocycles. The Balaban J connectivity index is 1.45. The molecule has 1 atom stereocenters. The Morgan fingerprint density at radius 2 is 1.97 bits per heavy atom. The maximum atomic E-state index is 11.6. The summed E-state index contributed by atoms with van der Waals surface area (Å²) in [5.41, 5.74) is 6.97. The molecular formula is C20H27N7O3. The molecule has 1 aromatic heterocycles. The number of nitrogens with two attached hydrogens (primary N) is 1. The fraction of sp³-hybridized carbons (Fsp3) is 0.500. The van der Waals surface area contributed by atoms with Gasteiger partial charge in [-0.3, -0.25) is 15.0 Å². The molecule has 2 aliphatic rings. The lowest BCUT2D eigenvalue weighted by molar-refractivity contribution is -0.383. The van der Waals surface area contributed by atoms with Crippen molar-refractivity contribution in [2.75, 3.05) is 55.3 Å². The zero-order valence-electron chi connectivity index (χ0n) is 16.9. The van der Waals surface area contributed by atoms with E-state index in [9.17, 15) is 10.1 Å². The molecule has 0 aliphatic carbocycles. The number of anilines is 3. The van der Waals surface area contributed by atoms with Gasteiger partial charge in [-0.1, -0.05) is 30.3 Å². The van der Waals surface area contributed by atoms with Gasteiger partial charge < -0.3 is 20.7 Å². The SMILES string of the molecule is Nc1nc(NC[C@@H]2CCCO2)nc(N2CCN(Cc3ccccc3)CC2)c1[N+](=O)[O-]. The molecule has 2 fully saturated rings. The molecule has 3 N–H and O–H groups in total. The fourth-order valence-corrected chi connectivity index (χ4v) is 3.90. The quantitative estimate of drug-likeness (QED) is 0.517. The molecular weight excluding hydrogens is 386 g/mol. The maximum absolute atomic E-state index is 11.6. The zero-order valence-corrected chi connectivity index (χ0v) is 16.9. The molecule has 30 heavy (non-hydrogen) atoms. The van der Waals surface area contributed by atoms with Crippen LogP contribution in [0.5, 0.6) is 0 Å². The van der Waals surface area contributed by atoms with Gasteiger partial charge >= 0.3 is 5.69 Å². The molecule has 3 heterocycles. The highest BCUT2D eigenvalue weighted by molar-refractivity contribution is 5.71. The van der Waals surface area contributed by atoms with Crippen molar-refractivity contribution in [3.05, 3.63) is 46.0 Å². The van der Waals surface area contributed by atoms with Gasteiger partial charge in [0.1, 0.15) is 0 Å². The number of piperazine rings is 1. The van der Waals surface area contributed by atoms with Gasteiger partial charge in [-0.05, 0) is 18.4 Å². The van der Waals surface area contributed by atoms with Crippen molar-refractivity contribution >= 4 is 23.3 Å². The first-order valence-corrected chi connectivity index (χ1v) is 10.3. The molecule has 0 radical (unpaired) electrons. The standard InChI is InChI=1S/C20H27N7O3/c21-18-17(27(28)29)19(24-20(23-18)22-13-16-7-4-12-30-16)26-10-8-25(9-11-26)14-15-5-2-1-3-6-15/h1-3,5-6,16H,4,7-14H2,(H3,21,22,23,24)/t16-/m0/s1.